The van der Waals surface area contributed by atoms with Crippen LogP contribution in [-0.2, 0) is 29.1 Å². The molecule has 1 aromatic heterocycles. The van der Waals surface area contributed by atoms with E-state index in [-0.39, 0.29) is 61.4 Å². The molecule has 0 saturated heterocycles. The standard InChI is InChI=1S/C26H28N2O10.H2O5S.H2/c1-15(29)19-13-18-23(38-26(35)28-12-5-4-9-20(30)31)16-7-2-3-8-17(16)24(25(18)36-19)37-22(34)10-6-11-27-14-21(32)33;1-5-6(2,3)4;/h2-3,7-8,13,27H,4-6,9-12,14H2,1H3,(H,28,35)(H,30,31)(H,32,33);1H,(H,2,3,4);1H. The van der Waals surface area contributed by atoms with Gasteiger partial charge in [0.15, 0.2) is 28.6 Å². The average Bonchev–Trinajstić information content (AvgIpc) is 3.40. The molecule has 6 N–H and O–H groups in total. The van der Waals surface area contributed by atoms with Gasteiger partial charge in [-0.2, -0.15) is 8.42 Å². The number of carboxylic acids is 2. The summed E-state index contributed by atoms with van der Waals surface area (Å²) in [7, 11) is -4.61. The van der Waals surface area contributed by atoms with Crippen molar-refractivity contribution in [3.05, 3.63) is 36.1 Å². The monoisotopic (exact) mass is 644 g/mol. The van der Waals surface area contributed by atoms with E-state index in [0.29, 0.717) is 36.6 Å². The highest BCUT2D eigenvalue weighted by Crippen LogP contribution is 2.44. The van der Waals surface area contributed by atoms with Crippen molar-refractivity contribution in [2.24, 2.45) is 0 Å². The second-order valence-corrected chi connectivity index (χ2v) is 9.94. The Morgan fingerprint density at radius 1 is 0.886 bits per heavy atom. The van der Waals surface area contributed by atoms with E-state index in [4.69, 9.17) is 42.3 Å². The predicted octanol–water partition coefficient (Wildman–Crippen LogP) is 3.02. The molecular formula is C26H32N2O15S. The number of nitrogens with one attached hydrogen (secondary N) is 2. The fourth-order valence-corrected chi connectivity index (χ4v) is 3.70. The summed E-state index contributed by atoms with van der Waals surface area (Å²) in [6.07, 6.45) is 0.365. The highest BCUT2D eigenvalue weighted by atomic mass is 32.3. The number of rotatable bonds is 15. The van der Waals surface area contributed by atoms with Crippen LogP contribution in [0, 0.1) is 0 Å². The molecule has 44 heavy (non-hydrogen) atoms. The zero-order valence-electron chi connectivity index (χ0n) is 23.2. The van der Waals surface area contributed by atoms with Crippen molar-refractivity contribution in [2.75, 3.05) is 19.6 Å². The first-order valence-electron chi connectivity index (χ1n) is 12.8. The number of ether oxygens (including phenoxy) is 2. The smallest absolute Gasteiger partial charge is 0.423 e. The normalized spacial score (nSPS) is 11.0. The van der Waals surface area contributed by atoms with Crippen LogP contribution in [0.1, 0.15) is 51.0 Å². The Labute approximate surface area is 251 Å². The van der Waals surface area contributed by atoms with Crippen LogP contribution in [0.5, 0.6) is 11.5 Å². The number of carbonyl (C=O) groups excluding carboxylic acids is 3. The summed E-state index contributed by atoms with van der Waals surface area (Å²) in [5, 5.41) is 30.8. The number of hydrogen-bond donors (Lipinski definition) is 6. The number of unbranched alkanes of at least 4 members (excludes halogenated alkanes) is 1. The fourth-order valence-electron chi connectivity index (χ4n) is 3.70. The summed E-state index contributed by atoms with van der Waals surface area (Å²) >= 11 is 0. The van der Waals surface area contributed by atoms with Gasteiger partial charge in [0.25, 0.3) is 0 Å². The molecule has 0 aliphatic heterocycles. The molecule has 0 aliphatic rings. The lowest BCUT2D eigenvalue weighted by Crippen LogP contribution is -2.28. The second-order valence-electron chi connectivity index (χ2n) is 8.93. The summed E-state index contributed by atoms with van der Waals surface area (Å²) in [5.41, 5.74) is 0.0514. The maximum absolute atomic E-state index is 12.6. The van der Waals surface area contributed by atoms with Gasteiger partial charge in [-0.25, -0.2) is 10.1 Å². The molecule has 0 spiro atoms. The second kappa shape index (κ2) is 16.9. The van der Waals surface area contributed by atoms with E-state index in [1.807, 2.05) is 0 Å². The molecule has 3 rings (SSSR count). The van der Waals surface area contributed by atoms with Crippen LogP contribution in [0.2, 0.25) is 0 Å². The molecule has 1 amide bonds. The molecule has 242 valence electrons. The van der Waals surface area contributed by atoms with Gasteiger partial charge in [-0.1, -0.05) is 28.6 Å². The molecule has 2 aromatic carbocycles. The van der Waals surface area contributed by atoms with Crippen LogP contribution in [0.4, 0.5) is 4.79 Å². The number of amides is 1. The van der Waals surface area contributed by atoms with Crippen molar-refractivity contribution in [3.8, 4) is 11.5 Å². The molecule has 0 bridgehead atoms. The summed E-state index contributed by atoms with van der Waals surface area (Å²) in [6, 6.07) is 8.13. The Hall–Kier alpha value is -4.62. The summed E-state index contributed by atoms with van der Waals surface area (Å²) in [5.74, 6) is -2.76. The molecule has 0 radical (unpaired) electrons. The summed E-state index contributed by atoms with van der Waals surface area (Å²) in [4.78, 5) is 58.4. The maximum Gasteiger partial charge on any atom is 0.423 e. The summed E-state index contributed by atoms with van der Waals surface area (Å²) < 4.78 is 44.9. The van der Waals surface area contributed by atoms with Crippen molar-refractivity contribution >= 4 is 61.9 Å². The number of esters is 1. The Balaban J connectivity index is 0.00000131. The van der Waals surface area contributed by atoms with Crippen LogP contribution in [-0.4, -0.2) is 77.9 Å². The van der Waals surface area contributed by atoms with Crippen LogP contribution >= 0.6 is 0 Å². The number of hydrogen-bond acceptors (Lipinski definition) is 13. The molecular weight excluding hydrogens is 612 g/mol. The number of ketones is 1. The van der Waals surface area contributed by atoms with Gasteiger partial charge >= 0.3 is 34.4 Å². The van der Waals surface area contributed by atoms with E-state index in [0.717, 1.165) is 0 Å². The van der Waals surface area contributed by atoms with Crippen molar-refractivity contribution in [1.29, 1.82) is 0 Å². The molecule has 18 heteroatoms. The first-order valence-corrected chi connectivity index (χ1v) is 14.2. The SMILES string of the molecule is CC(=O)c1cc2c(OC(=O)NCCCCC(=O)O)c3ccccc3c(OC(=O)CCCNCC(=O)O)c2o1.O=S(=O)(O)OO.[HH]. The first kappa shape index (κ1) is 35.6. The maximum atomic E-state index is 12.6. The van der Waals surface area contributed by atoms with Gasteiger partial charge < -0.3 is 34.7 Å². The van der Waals surface area contributed by atoms with Crippen molar-refractivity contribution in [1.82, 2.24) is 10.6 Å². The molecule has 0 fully saturated rings. The van der Waals surface area contributed by atoms with E-state index in [1.54, 1.807) is 24.3 Å². The average molecular weight is 645 g/mol. The number of carbonyl (C=O) groups is 5. The number of benzene rings is 2. The van der Waals surface area contributed by atoms with E-state index < -0.39 is 34.4 Å². The van der Waals surface area contributed by atoms with Crippen LogP contribution < -0.4 is 20.1 Å². The zero-order valence-corrected chi connectivity index (χ0v) is 24.0. The van der Waals surface area contributed by atoms with Crippen molar-refractivity contribution < 1.29 is 72.1 Å². The molecule has 0 saturated carbocycles. The quantitative estimate of drug-likeness (QED) is 0.0264. The minimum absolute atomic E-state index is 0. The lowest BCUT2D eigenvalue weighted by molar-refractivity contribution is -0.139. The van der Waals surface area contributed by atoms with Gasteiger partial charge in [0.1, 0.15) is 0 Å². The van der Waals surface area contributed by atoms with Crippen molar-refractivity contribution in [2.45, 2.75) is 39.0 Å². The number of aliphatic carboxylic acids is 2. The summed E-state index contributed by atoms with van der Waals surface area (Å²) in [6.45, 7) is 1.58. The first-order chi connectivity index (χ1) is 20.7. The topological polar surface area (TPSA) is 265 Å². The van der Waals surface area contributed by atoms with Gasteiger partial charge in [0.2, 0.25) is 0 Å². The molecule has 17 nitrogen and oxygen atoms in total. The molecule has 0 unspecified atom stereocenters. The predicted molar refractivity (Wildman–Crippen MR) is 152 cm³/mol. The van der Waals surface area contributed by atoms with Crippen LogP contribution in [0.3, 0.4) is 0 Å². The third kappa shape index (κ3) is 11.6. The Kier molecular flexibility index (Phi) is 13.6. The third-order valence-electron chi connectivity index (χ3n) is 5.55. The zero-order chi connectivity index (χ0) is 32.9. The minimum Gasteiger partial charge on any atom is -0.481 e. The molecule has 0 atom stereocenters. The number of furan rings is 1. The van der Waals surface area contributed by atoms with E-state index >= 15 is 0 Å². The van der Waals surface area contributed by atoms with E-state index in [1.165, 1.54) is 13.0 Å². The molecule has 0 aliphatic carbocycles. The molecule has 3 aromatic rings. The Morgan fingerprint density at radius 3 is 2.09 bits per heavy atom. The number of fused-ring (bicyclic) bond motifs is 2. The largest absolute Gasteiger partial charge is 0.481 e. The van der Waals surface area contributed by atoms with Crippen molar-refractivity contribution in [3.63, 3.8) is 0 Å². The van der Waals surface area contributed by atoms with Gasteiger partial charge in [-0.05, 0) is 31.9 Å². The van der Waals surface area contributed by atoms with Gasteiger partial charge in [0, 0.05) is 38.5 Å². The highest BCUT2D eigenvalue weighted by molar-refractivity contribution is 7.80. The number of Topliss-reactive ketones (excluding diaryl/α,β-unsaturated/α-hetero) is 1. The lowest BCUT2D eigenvalue weighted by Gasteiger charge is -2.14. The van der Waals surface area contributed by atoms with E-state index in [9.17, 15) is 24.0 Å². The lowest BCUT2D eigenvalue weighted by atomic mass is 10.0. The van der Waals surface area contributed by atoms with Crippen LogP contribution in [0.15, 0.2) is 34.7 Å². The Morgan fingerprint density at radius 2 is 1.52 bits per heavy atom. The van der Waals surface area contributed by atoms with Gasteiger partial charge in [-0.15, -0.1) is 0 Å². The number of carboxylic acid groups (broad SMARTS) is 2. The Bertz CT molecular complexity index is 1530. The minimum atomic E-state index is -4.61. The van der Waals surface area contributed by atoms with Gasteiger partial charge in [-0.3, -0.25) is 23.7 Å². The van der Waals surface area contributed by atoms with Crippen LogP contribution in [0.25, 0.3) is 21.7 Å². The highest BCUT2D eigenvalue weighted by Gasteiger charge is 2.24. The fraction of sp³-hybridized carbons (Fsp3) is 0.346. The van der Waals surface area contributed by atoms with E-state index in [2.05, 4.69) is 15.0 Å². The third-order valence-corrected chi connectivity index (χ3v) is 5.74. The molecule has 1 heterocycles. The van der Waals surface area contributed by atoms with Gasteiger partial charge in [0.05, 0.1) is 11.9 Å².